The fraction of sp³-hybridized carbons (Fsp3) is 0.417. The van der Waals surface area contributed by atoms with Gasteiger partial charge in [-0.3, -0.25) is 4.79 Å². The molecular weight excluding hydrogens is 220 g/mol. The lowest BCUT2D eigenvalue weighted by atomic mass is 10.0. The van der Waals surface area contributed by atoms with Crippen molar-refractivity contribution in [2.24, 2.45) is 5.73 Å². The van der Waals surface area contributed by atoms with Gasteiger partial charge in [-0.05, 0) is 24.1 Å². The van der Waals surface area contributed by atoms with Gasteiger partial charge in [-0.1, -0.05) is 6.07 Å². The summed E-state index contributed by atoms with van der Waals surface area (Å²) < 4.78 is 5.09. The van der Waals surface area contributed by atoms with E-state index in [1.54, 1.807) is 26.3 Å². The molecule has 94 valence electrons. The molecule has 0 aromatic heterocycles. The normalized spacial score (nSPS) is 12.0. The molecule has 0 saturated carbocycles. The van der Waals surface area contributed by atoms with Gasteiger partial charge in [0, 0.05) is 12.6 Å². The summed E-state index contributed by atoms with van der Waals surface area (Å²) >= 11 is 0. The third-order valence-corrected chi connectivity index (χ3v) is 2.55. The fourth-order valence-corrected chi connectivity index (χ4v) is 1.61. The molecule has 0 heterocycles. The Labute approximate surface area is 101 Å². The molecule has 1 aromatic rings. The van der Waals surface area contributed by atoms with Crippen molar-refractivity contribution in [3.8, 4) is 5.75 Å². The van der Waals surface area contributed by atoms with Crippen LogP contribution in [0.3, 0.4) is 0 Å². The van der Waals surface area contributed by atoms with E-state index in [4.69, 9.17) is 10.5 Å². The van der Waals surface area contributed by atoms with E-state index < -0.39 is 6.04 Å². The number of nitrogens with two attached hydrogens (primary N) is 1. The standard InChI is InChI=1S/C12H18N2O3/c1-14-12(16)10(13)6-8-3-4-11(17-2)9(5-8)7-15/h3-5,10,15H,6-7,13H2,1-2H3,(H,14,16)/t10-/m0/s1. The second-order valence-electron chi connectivity index (χ2n) is 3.73. The number of aliphatic hydroxyl groups excluding tert-OH is 1. The molecular formula is C12H18N2O3. The number of methoxy groups -OCH3 is 1. The highest BCUT2D eigenvalue weighted by atomic mass is 16.5. The van der Waals surface area contributed by atoms with Crippen LogP contribution < -0.4 is 15.8 Å². The van der Waals surface area contributed by atoms with Crippen LogP contribution in [0, 0.1) is 0 Å². The molecule has 0 spiro atoms. The molecule has 5 nitrogen and oxygen atoms in total. The minimum absolute atomic E-state index is 0.105. The molecule has 0 saturated heterocycles. The molecule has 1 atom stereocenters. The molecule has 0 aliphatic heterocycles. The van der Waals surface area contributed by atoms with Crippen LogP contribution in [0.2, 0.25) is 0 Å². The van der Waals surface area contributed by atoms with Crippen LogP contribution in [0.25, 0.3) is 0 Å². The van der Waals surface area contributed by atoms with Crippen LogP contribution in [0.5, 0.6) is 5.75 Å². The summed E-state index contributed by atoms with van der Waals surface area (Å²) in [7, 11) is 3.10. The van der Waals surface area contributed by atoms with Crippen LogP contribution in [0.4, 0.5) is 0 Å². The van der Waals surface area contributed by atoms with E-state index in [2.05, 4.69) is 5.32 Å². The minimum Gasteiger partial charge on any atom is -0.496 e. The maximum Gasteiger partial charge on any atom is 0.237 e. The molecule has 0 aliphatic rings. The molecule has 0 aliphatic carbocycles. The van der Waals surface area contributed by atoms with Gasteiger partial charge in [0.1, 0.15) is 5.75 Å². The van der Waals surface area contributed by atoms with Crippen LogP contribution in [-0.2, 0) is 17.8 Å². The number of hydrogen-bond acceptors (Lipinski definition) is 4. The highest BCUT2D eigenvalue weighted by Gasteiger charge is 2.13. The number of nitrogens with one attached hydrogen (secondary N) is 1. The molecule has 5 heteroatoms. The summed E-state index contributed by atoms with van der Waals surface area (Å²) in [6, 6.07) is 4.81. The lowest BCUT2D eigenvalue weighted by Crippen LogP contribution is -2.40. The average molecular weight is 238 g/mol. The molecule has 0 bridgehead atoms. The first-order valence-corrected chi connectivity index (χ1v) is 5.36. The summed E-state index contributed by atoms with van der Waals surface area (Å²) in [5.41, 5.74) is 7.30. The van der Waals surface area contributed by atoms with E-state index >= 15 is 0 Å². The Balaban J connectivity index is 2.82. The number of ether oxygens (including phenoxy) is 1. The van der Waals surface area contributed by atoms with Crippen molar-refractivity contribution in [1.29, 1.82) is 0 Å². The molecule has 4 N–H and O–H groups in total. The van der Waals surface area contributed by atoms with Crippen LogP contribution >= 0.6 is 0 Å². The first kappa shape index (κ1) is 13.5. The highest BCUT2D eigenvalue weighted by Crippen LogP contribution is 2.20. The van der Waals surface area contributed by atoms with Gasteiger partial charge in [0.15, 0.2) is 0 Å². The molecule has 1 aromatic carbocycles. The van der Waals surface area contributed by atoms with Crippen molar-refractivity contribution < 1.29 is 14.6 Å². The maximum atomic E-state index is 11.3. The largest absolute Gasteiger partial charge is 0.496 e. The Morgan fingerprint density at radius 3 is 2.82 bits per heavy atom. The van der Waals surface area contributed by atoms with Gasteiger partial charge < -0.3 is 20.9 Å². The van der Waals surface area contributed by atoms with Crippen LogP contribution in [-0.4, -0.2) is 31.2 Å². The van der Waals surface area contributed by atoms with Crippen molar-refractivity contribution in [1.82, 2.24) is 5.32 Å². The predicted molar refractivity (Wildman–Crippen MR) is 64.7 cm³/mol. The number of carbonyl (C=O) groups excluding carboxylic acids is 1. The van der Waals surface area contributed by atoms with E-state index in [-0.39, 0.29) is 12.5 Å². The summed E-state index contributed by atoms with van der Waals surface area (Å²) in [6.07, 6.45) is 0.427. The van der Waals surface area contributed by atoms with Gasteiger partial charge in [-0.15, -0.1) is 0 Å². The number of rotatable bonds is 5. The van der Waals surface area contributed by atoms with Gasteiger partial charge in [0.05, 0.1) is 19.8 Å². The Morgan fingerprint density at radius 2 is 2.29 bits per heavy atom. The topological polar surface area (TPSA) is 84.6 Å². The second kappa shape index (κ2) is 6.22. The van der Waals surface area contributed by atoms with Gasteiger partial charge in [0.25, 0.3) is 0 Å². The maximum absolute atomic E-state index is 11.3. The number of aliphatic hydroxyl groups is 1. The van der Waals surface area contributed by atoms with E-state index in [1.807, 2.05) is 6.07 Å². The zero-order chi connectivity index (χ0) is 12.8. The third-order valence-electron chi connectivity index (χ3n) is 2.55. The van der Waals surface area contributed by atoms with Gasteiger partial charge >= 0.3 is 0 Å². The van der Waals surface area contributed by atoms with E-state index in [1.165, 1.54) is 0 Å². The second-order valence-corrected chi connectivity index (χ2v) is 3.73. The molecule has 1 rings (SSSR count). The van der Waals surface area contributed by atoms with Crippen molar-refractivity contribution in [3.63, 3.8) is 0 Å². The molecule has 0 unspecified atom stereocenters. The van der Waals surface area contributed by atoms with Gasteiger partial charge in [-0.2, -0.15) is 0 Å². The minimum atomic E-state index is -0.583. The van der Waals surface area contributed by atoms with E-state index in [0.717, 1.165) is 5.56 Å². The van der Waals surface area contributed by atoms with E-state index in [9.17, 15) is 9.90 Å². The Morgan fingerprint density at radius 1 is 1.59 bits per heavy atom. The fourth-order valence-electron chi connectivity index (χ4n) is 1.61. The number of amides is 1. The Kier molecular flexibility index (Phi) is 4.93. The monoisotopic (exact) mass is 238 g/mol. The summed E-state index contributed by atoms with van der Waals surface area (Å²) in [5.74, 6) is 0.427. The lowest BCUT2D eigenvalue weighted by Gasteiger charge is -2.12. The van der Waals surface area contributed by atoms with Gasteiger partial charge in [-0.25, -0.2) is 0 Å². The Bertz CT molecular complexity index is 393. The van der Waals surface area contributed by atoms with Crippen molar-refractivity contribution in [3.05, 3.63) is 29.3 Å². The van der Waals surface area contributed by atoms with Crippen molar-refractivity contribution >= 4 is 5.91 Å². The molecule has 0 fully saturated rings. The number of benzene rings is 1. The number of likely N-dealkylation sites (N-methyl/N-ethyl adjacent to an activating group) is 1. The zero-order valence-electron chi connectivity index (χ0n) is 10.1. The highest BCUT2D eigenvalue weighted by molar-refractivity contribution is 5.81. The lowest BCUT2D eigenvalue weighted by molar-refractivity contribution is -0.121. The summed E-state index contributed by atoms with van der Waals surface area (Å²) in [5, 5.41) is 11.7. The first-order valence-electron chi connectivity index (χ1n) is 5.36. The summed E-state index contributed by atoms with van der Waals surface area (Å²) in [4.78, 5) is 11.3. The van der Waals surface area contributed by atoms with Crippen LogP contribution in [0.15, 0.2) is 18.2 Å². The molecule has 1 amide bonds. The average Bonchev–Trinajstić information content (AvgIpc) is 2.37. The molecule has 17 heavy (non-hydrogen) atoms. The smallest absolute Gasteiger partial charge is 0.237 e. The number of carbonyl (C=O) groups is 1. The number of hydrogen-bond donors (Lipinski definition) is 3. The van der Waals surface area contributed by atoms with Gasteiger partial charge in [0.2, 0.25) is 5.91 Å². The third kappa shape index (κ3) is 3.44. The molecule has 0 radical (unpaired) electrons. The SMILES string of the molecule is CNC(=O)[C@@H](N)Cc1ccc(OC)c(CO)c1. The summed E-state index contributed by atoms with van der Waals surface area (Å²) in [6.45, 7) is -0.105. The van der Waals surface area contributed by atoms with Crippen molar-refractivity contribution in [2.45, 2.75) is 19.1 Å². The quantitative estimate of drug-likeness (QED) is 0.663. The zero-order valence-corrected chi connectivity index (χ0v) is 10.1. The van der Waals surface area contributed by atoms with Crippen LogP contribution in [0.1, 0.15) is 11.1 Å². The first-order chi connectivity index (χ1) is 8.12. The Hall–Kier alpha value is -1.59. The predicted octanol–water partition coefficient (Wildman–Crippen LogP) is -0.197. The van der Waals surface area contributed by atoms with Crippen molar-refractivity contribution in [2.75, 3.05) is 14.2 Å². The van der Waals surface area contributed by atoms with E-state index in [0.29, 0.717) is 17.7 Å².